The summed E-state index contributed by atoms with van der Waals surface area (Å²) in [6.45, 7) is 0. The molecule has 0 saturated carbocycles. The molecule has 0 radical (unpaired) electrons. The Morgan fingerprint density at radius 1 is 1.04 bits per heavy atom. The summed E-state index contributed by atoms with van der Waals surface area (Å²) >= 11 is 0. The number of amides is 1. The van der Waals surface area contributed by atoms with E-state index in [9.17, 15) is 17.6 Å². The second kappa shape index (κ2) is 8.05. The van der Waals surface area contributed by atoms with Gasteiger partial charge in [-0.1, -0.05) is 6.07 Å². The molecule has 0 bridgehead atoms. The third-order valence-corrected chi connectivity index (χ3v) is 3.95. The van der Waals surface area contributed by atoms with E-state index < -0.39 is 21.7 Å². The van der Waals surface area contributed by atoms with Crippen LogP contribution in [0.2, 0.25) is 0 Å². The maximum absolute atomic E-state index is 13.5. The second-order valence-corrected chi connectivity index (χ2v) is 7.23. The lowest BCUT2D eigenvalue weighted by Gasteiger charge is -2.13. The van der Waals surface area contributed by atoms with Crippen LogP contribution in [-0.2, 0) is 21.2 Å². The Balaban J connectivity index is 2.19. The van der Waals surface area contributed by atoms with Crippen LogP contribution in [0.4, 0.5) is 15.8 Å². The Bertz CT molecular complexity index is 915. The van der Waals surface area contributed by atoms with E-state index in [0.29, 0.717) is 17.1 Å². The molecule has 0 heterocycles. The van der Waals surface area contributed by atoms with Crippen LogP contribution in [-0.4, -0.2) is 34.8 Å². The topological polar surface area (TPSA) is 93.7 Å². The van der Waals surface area contributed by atoms with Crippen molar-refractivity contribution in [3.05, 3.63) is 47.8 Å². The van der Waals surface area contributed by atoms with Gasteiger partial charge in [0.15, 0.2) is 11.5 Å². The van der Waals surface area contributed by atoms with Gasteiger partial charge in [-0.2, -0.15) is 0 Å². The molecular weight excluding hydrogens is 363 g/mol. The summed E-state index contributed by atoms with van der Waals surface area (Å²) in [7, 11) is -0.590. The van der Waals surface area contributed by atoms with E-state index in [1.165, 1.54) is 20.3 Å². The molecule has 1 amide bonds. The second-order valence-electron chi connectivity index (χ2n) is 5.48. The Morgan fingerprint density at radius 3 is 2.35 bits per heavy atom. The van der Waals surface area contributed by atoms with Crippen molar-refractivity contribution >= 4 is 27.3 Å². The third kappa shape index (κ3) is 5.35. The number of hydrogen-bond donors (Lipinski definition) is 2. The first kappa shape index (κ1) is 19.5. The SMILES string of the molecule is COc1ccc(CC(=O)Nc2cc(F)ccc2NS(C)(=O)=O)cc1OC. The molecule has 9 heteroatoms. The molecule has 0 aliphatic rings. The molecule has 7 nitrogen and oxygen atoms in total. The van der Waals surface area contributed by atoms with Gasteiger partial charge >= 0.3 is 0 Å². The fourth-order valence-electron chi connectivity index (χ4n) is 2.28. The number of hydrogen-bond acceptors (Lipinski definition) is 5. The lowest BCUT2D eigenvalue weighted by atomic mass is 10.1. The van der Waals surface area contributed by atoms with Crippen molar-refractivity contribution in [2.24, 2.45) is 0 Å². The van der Waals surface area contributed by atoms with Crippen LogP contribution in [0.25, 0.3) is 0 Å². The number of nitrogens with one attached hydrogen (secondary N) is 2. The van der Waals surface area contributed by atoms with Gasteiger partial charge in [-0.3, -0.25) is 9.52 Å². The van der Waals surface area contributed by atoms with Crippen LogP contribution in [0.15, 0.2) is 36.4 Å². The standard InChI is InChI=1S/C17H19FN2O5S/c1-24-15-7-4-11(8-16(15)25-2)9-17(21)19-14-10-12(18)5-6-13(14)20-26(3,22)23/h4-8,10,20H,9H2,1-3H3,(H,19,21). The highest BCUT2D eigenvalue weighted by atomic mass is 32.2. The normalized spacial score (nSPS) is 10.9. The molecule has 0 saturated heterocycles. The first-order valence-corrected chi connectivity index (χ1v) is 9.39. The minimum absolute atomic E-state index is 0.0187. The molecule has 0 atom stereocenters. The van der Waals surface area contributed by atoms with Crippen molar-refractivity contribution in [2.75, 3.05) is 30.5 Å². The number of benzene rings is 2. The molecule has 2 rings (SSSR count). The summed E-state index contributed by atoms with van der Waals surface area (Å²) in [6.07, 6.45) is 0.945. The van der Waals surface area contributed by atoms with E-state index in [2.05, 4.69) is 10.0 Å². The fraction of sp³-hybridized carbons (Fsp3) is 0.235. The largest absolute Gasteiger partial charge is 0.493 e. The van der Waals surface area contributed by atoms with Gasteiger partial charge < -0.3 is 14.8 Å². The van der Waals surface area contributed by atoms with Crippen LogP contribution in [0, 0.1) is 5.82 Å². The van der Waals surface area contributed by atoms with Crippen molar-refractivity contribution in [1.82, 2.24) is 0 Å². The lowest BCUT2D eigenvalue weighted by molar-refractivity contribution is -0.115. The van der Waals surface area contributed by atoms with Gasteiger partial charge in [0.1, 0.15) is 5.82 Å². The van der Waals surface area contributed by atoms with E-state index in [1.54, 1.807) is 18.2 Å². The zero-order valence-corrected chi connectivity index (χ0v) is 15.3. The lowest BCUT2D eigenvalue weighted by Crippen LogP contribution is -2.17. The molecular formula is C17H19FN2O5S. The molecule has 0 unspecified atom stereocenters. The number of sulfonamides is 1. The molecule has 0 fully saturated rings. The van der Waals surface area contributed by atoms with Crippen LogP contribution in [0.5, 0.6) is 11.5 Å². The number of carbonyl (C=O) groups is 1. The Hall–Kier alpha value is -2.81. The van der Waals surface area contributed by atoms with Gasteiger partial charge in [-0.05, 0) is 35.9 Å². The average Bonchev–Trinajstić information content (AvgIpc) is 2.56. The van der Waals surface area contributed by atoms with Gasteiger partial charge in [-0.25, -0.2) is 12.8 Å². The fourth-order valence-corrected chi connectivity index (χ4v) is 2.86. The molecule has 0 aliphatic carbocycles. The smallest absolute Gasteiger partial charge is 0.229 e. The predicted octanol–water partition coefficient (Wildman–Crippen LogP) is 2.40. The van der Waals surface area contributed by atoms with Crippen LogP contribution in [0.3, 0.4) is 0 Å². The number of carbonyl (C=O) groups excluding carboxylic acids is 1. The van der Waals surface area contributed by atoms with Crippen LogP contribution in [0.1, 0.15) is 5.56 Å². The highest BCUT2D eigenvalue weighted by Gasteiger charge is 2.13. The maximum atomic E-state index is 13.5. The summed E-state index contributed by atoms with van der Waals surface area (Å²) in [4.78, 5) is 12.3. The van der Waals surface area contributed by atoms with Gasteiger partial charge in [0.2, 0.25) is 15.9 Å². The van der Waals surface area contributed by atoms with E-state index in [0.717, 1.165) is 18.4 Å². The van der Waals surface area contributed by atoms with Crippen molar-refractivity contribution in [2.45, 2.75) is 6.42 Å². The summed E-state index contributed by atoms with van der Waals surface area (Å²) in [5, 5.41) is 2.51. The Labute approximate surface area is 151 Å². The molecule has 2 aromatic carbocycles. The highest BCUT2D eigenvalue weighted by Crippen LogP contribution is 2.28. The summed E-state index contributed by atoms with van der Waals surface area (Å²) in [6, 6.07) is 8.39. The zero-order valence-electron chi connectivity index (χ0n) is 14.5. The van der Waals surface area contributed by atoms with Gasteiger partial charge in [0.25, 0.3) is 0 Å². The molecule has 0 aromatic heterocycles. The third-order valence-electron chi connectivity index (χ3n) is 3.36. The van der Waals surface area contributed by atoms with E-state index >= 15 is 0 Å². The van der Waals surface area contributed by atoms with E-state index in [-0.39, 0.29) is 17.8 Å². The van der Waals surface area contributed by atoms with Crippen LogP contribution >= 0.6 is 0 Å². The van der Waals surface area contributed by atoms with Crippen molar-refractivity contribution < 1.29 is 27.1 Å². The van der Waals surface area contributed by atoms with Crippen molar-refractivity contribution in [3.63, 3.8) is 0 Å². The maximum Gasteiger partial charge on any atom is 0.229 e. The summed E-state index contributed by atoms with van der Waals surface area (Å²) in [5.41, 5.74) is 0.754. The van der Waals surface area contributed by atoms with Crippen molar-refractivity contribution in [3.8, 4) is 11.5 Å². The predicted molar refractivity (Wildman–Crippen MR) is 96.7 cm³/mol. The molecule has 0 aliphatic heterocycles. The van der Waals surface area contributed by atoms with Crippen LogP contribution < -0.4 is 19.5 Å². The first-order chi connectivity index (χ1) is 12.2. The number of methoxy groups -OCH3 is 2. The van der Waals surface area contributed by atoms with Crippen molar-refractivity contribution in [1.29, 1.82) is 0 Å². The first-order valence-electron chi connectivity index (χ1n) is 7.50. The number of rotatable bonds is 7. The minimum atomic E-state index is -3.58. The summed E-state index contributed by atoms with van der Waals surface area (Å²) < 4.78 is 48.8. The Kier molecular flexibility index (Phi) is 6.04. The monoisotopic (exact) mass is 382 g/mol. The quantitative estimate of drug-likeness (QED) is 0.767. The molecule has 2 aromatic rings. The number of halogens is 1. The average molecular weight is 382 g/mol. The molecule has 140 valence electrons. The van der Waals surface area contributed by atoms with Gasteiger partial charge in [-0.15, -0.1) is 0 Å². The minimum Gasteiger partial charge on any atom is -0.493 e. The van der Waals surface area contributed by atoms with Gasteiger partial charge in [0.05, 0.1) is 38.3 Å². The molecule has 2 N–H and O–H groups in total. The van der Waals surface area contributed by atoms with E-state index in [4.69, 9.17) is 9.47 Å². The number of ether oxygens (including phenoxy) is 2. The van der Waals surface area contributed by atoms with E-state index in [1.807, 2.05) is 0 Å². The molecule has 26 heavy (non-hydrogen) atoms. The Morgan fingerprint density at radius 2 is 1.73 bits per heavy atom. The molecule has 0 spiro atoms. The zero-order chi connectivity index (χ0) is 19.3. The number of anilines is 2. The highest BCUT2D eigenvalue weighted by molar-refractivity contribution is 7.92. The summed E-state index contributed by atoms with van der Waals surface area (Å²) in [5.74, 6) is -0.0470. The van der Waals surface area contributed by atoms with Gasteiger partial charge in [0, 0.05) is 0 Å².